The van der Waals surface area contributed by atoms with Gasteiger partial charge in [0.2, 0.25) is 0 Å². The fourth-order valence-electron chi connectivity index (χ4n) is 6.32. The second-order valence-corrected chi connectivity index (χ2v) is 11.1. The highest BCUT2D eigenvalue weighted by Gasteiger charge is 2.16. The maximum Gasteiger partial charge on any atom is 0.153 e. The number of benzene rings is 8. The molecule has 4 heteroatoms. The number of aromatic hydroxyl groups is 2. The molecule has 0 atom stereocenters. The monoisotopic (exact) mass is 596 g/mol. The van der Waals surface area contributed by atoms with Crippen molar-refractivity contribution in [3.05, 3.63) is 157 Å². The summed E-state index contributed by atoms with van der Waals surface area (Å²) in [7, 11) is 0. The van der Waals surface area contributed by atoms with Gasteiger partial charge in [-0.25, -0.2) is 0 Å². The molecule has 0 amide bonds. The van der Waals surface area contributed by atoms with Crippen LogP contribution < -0.4 is 0 Å². The lowest BCUT2D eigenvalue weighted by Gasteiger charge is -2.14. The molecule has 0 spiro atoms. The quantitative estimate of drug-likeness (QED) is 0.157. The average molecular weight is 597 g/mol. The zero-order valence-corrected chi connectivity index (χ0v) is 24.7. The Labute approximate surface area is 265 Å². The van der Waals surface area contributed by atoms with Crippen LogP contribution in [0.2, 0.25) is 0 Å². The molecule has 8 aromatic carbocycles. The molecule has 4 nitrogen and oxygen atoms in total. The zero-order valence-electron chi connectivity index (χ0n) is 24.7. The average Bonchev–Trinajstić information content (AvgIpc) is 3.10. The number of carbonyl (C=O) groups is 2. The van der Waals surface area contributed by atoms with Gasteiger partial charge < -0.3 is 10.2 Å². The Morgan fingerprint density at radius 2 is 0.674 bits per heavy atom. The first-order valence-electron chi connectivity index (χ1n) is 14.9. The summed E-state index contributed by atoms with van der Waals surface area (Å²) < 4.78 is 0. The molecule has 46 heavy (non-hydrogen) atoms. The van der Waals surface area contributed by atoms with Crippen molar-refractivity contribution in [3.8, 4) is 33.8 Å². The van der Waals surface area contributed by atoms with Gasteiger partial charge in [0, 0.05) is 22.3 Å². The third-order valence-corrected chi connectivity index (χ3v) is 8.47. The molecule has 8 aromatic rings. The van der Waals surface area contributed by atoms with E-state index in [0.717, 1.165) is 54.2 Å². The van der Waals surface area contributed by atoms with Gasteiger partial charge >= 0.3 is 0 Å². The molecule has 0 heterocycles. The Bertz CT molecular complexity index is 2160. The highest BCUT2D eigenvalue weighted by atomic mass is 16.3. The number of hydrogen-bond donors (Lipinski definition) is 2. The van der Waals surface area contributed by atoms with Crippen LogP contribution in [0.25, 0.3) is 65.3 Å². The van der Waals surface area contributed by atoms with Gasteiger partial charge in [-0.2, -0.15) is 0 Å². The summed E-state index contributed by atoms with van der Waals surface area (Å²) in [5.41, 5.74) is 3.89. The summed E-state index contributed by atoms with van der Waals surface area (Å²) in [6, 6.07) is 47.2. The second-order valence-electron chi connectivity index (χ2n) is 11.1. The van der Waals surface area contributed by atoms with Gasteiger partial charge in [0.25, 0.3) is 0 Å². The molecule has 0 bridgehead atoms. The summed E-state index contributed by atoms with van der Waals surface area (Å²) in [6.45, 7) is 0. The van der Waals surface area contributed by atoms with E-state index < -0.39 is 0 Å². The summed E-state index contributed by atoms with van der Waals surface area (Å²) in [5, 5.41) is 29.7. The maximum atomic E-state index is 11.2. The molecule has 0 fully saturated rings. The van der Waals surface area contributed by atoms with E-state index in [2.05, 4.69) is 36.4 Å². The van der Waals surface area contributed by atoms with E-state index in [9.17, 15) is 19.8 Å². The van der Waals surface area contributed by atoms with E-state index in [1.165, 1.54) is 0 Å². The van der Waals surface area contributed by atoms with Crippen LogP contribution in [-0.4, -0.2) is 22.8 Å². The largest absolute Gasteiger partial charge is 0.507 e. The molecular formula is C42H28O4. The molecule has 220 valence electrons. The van der Waals surface area contributed by atoms with Crippen molar-refractivity contribution in [2.45, 2.75) is 0 Å². The Balaban J connectivity index is 0.000000147. The summed E-state index contributed by atoms with van der Waals surface area (Å²) in [5.74, 6) is 0.0630. The van der Waals surface area contributed by atoms with Crippen LogP contribution in [0.1, 0.15) is 20.7 Å². The molecule has 0 aliphatic carbocycles. The van der Waals surface area contributed by atoms with Crippen molar-refractivity contribution in [2.75, 3.05) is 0 Å². The van der Waals surface area contributed by atoms with Gasteiger partial charge in [0.05, 0.1) is 11.1 Å². The number of hydrogen-bond acceptors (Lipinski definition) is 4. The number of carbonyl (C=O) groups excluding carboxylic acids is 2. The SMILES string of the molecule is O=Cc1cccc(-c2c3ccccc3cc3ccccc23)c1O.O=Cc1cccc(-c2c3ccccc3cc3ccccc23)c1O. The Morgan fingerprint density at radius 3 is 0.978 bits per heavy atom. The predicted octanol–water partition coefficient (Wildman–Crippen LogP) is 10.4. The summed E-state index contributed by atoms with van der Waals surface area (Å²) in [6.07, 6.45) is 1.37. The first-order valence-corrected chi connectivity index (χ1v) is 14.9. The first-order chi connectivity index (χ1) is 22.6. The van der Waals surface area contributed by atoms with Crippen molar-refractivity contribution in [1.29, 1.82) is 0 Å². The van der Waals surface area contributed by atoms with Gasteiger partial charge in [-0.1, -0.05) is 121 Å². The molecule has 0 aromatic heterocycles. The third-order valence-electron chi connectivity index (χ3n) is 8.47. The minimum atomic E-state index is 0.0315. The van der Waals surface area contributed by atoms with Crippen LogP contribution in [0.15, 0.2) is 146 Å². The highest BCUT2D eigenvalue weighted by Crippen LogP contribution is 2.42. The van der Waals surface area contributed by atoms with Crippen LogP contribution >= 0.6 is 0 Å². The van der Waals surface area contributed by atoms with Crippen LogP contribution in [0.5, 0.6) is 11.5 Å². The molecule has 0 saturated heterocycles. The highest BCUT2D eigenvalue weighted by molar-refractivity contribution is 6.15. The van der Waals surface area contributed by atoms with E-state index in [-0.39, 0.29) is 11.5 Å². The Morgan fingerprint density at radius 1 is 0.370 bits per heavy atom. The lowest BCUT2D eigenvalue weighted by atomic mass is 9.91. The fourth-order valence-corrected chi connectivity index (χ4v) is 6.32. The van der Waals surface area contributed by atoms with Crippen LogP contribution in [0, 0.1) is 0 Å². The third kappa shape index (κ3) is 4.92. The molecule has 0 saturated carbocycles. The van der Waals surface area contributed by atoms with Gasteiger partial charge in [0.1, 0.15) is 11.5 Å². The molecule has 0 aliphatic rings. The molecule has 8 rings (SSSR count). The number of phenols is 2. The Kier molecular flexibility index (Phi) is 7.45. The van der Waals surface area contributed by atoms with Crippen molar-refractivity contribution >= 4 is 55.7 Å². The number of fused-ring (bicyclic) bond motifs is 4. The number of aldehydes is 2. The van der Waals surface area contributed by atoms with Crippen LogP contribution in [0.3, 0.4) is 0 Å². The van der Waals surface area contributed by atoms with E-state index in [1.807, 2.05) is 84.9 Å². The van der Waals surface area contributed by atoms with Crippen LogP contribution in [0.4, 0.5) is 0 Å². The van der Waals surface area contributed by atoms with E-state index in [0.29, 0.717) is 34.8 Å². The minimum Gasteiger partial charge on any atom is -0.507 e. The number of para-hydroxylation sites is 2. The smallest absolute Gasteiger partial charge is 0.153 e. The molecule has 0 unspecified atom stereocenters. The molecule has 0 aliphatic heterocycles. The standard InChI is InChI=1S/2C21H14O2/c2*22-13-16-8-5-11-19(21(16)23)20-17-9-3-1-6-14(17)12-15-7-2-4-10-18(15)20/h2*1-13,23H. The van der Waals surface area contributed by atoms with Crippen molar-refractivity contribution in [2.24, 2.45) is 0 Å². The summed E-state index contributed by atoms with van der Waals surface area (Å²) >= 11 is 0. The number of rotatable bonds is 4. The van der Waals surface area contributed by atoms with E-state index in [1.54, 1.807) is 24.3 Å². The molecule has 2 N–H and O–H groups in total. The summed E-state index contributed by atoms with van der Waals surface area (Å²) in [4.78, 5) is 22.4. The number of phenolic OH excluding ortho intramolecular Hbond substituents is 2. The van der Waals surface area contributed by atoms with E-state index >= 15 is 0 Å². The van der Waals surface area contributed by atoms with Gasteiger partial charge in [-0.3, -0.25) is 9.59 Å². The van der Waals surface area contributed by atoms with Crippen LogP contribution in [-0.2, 0) is 0 Å². The first kappa shape index (κ1) is 28.5. The topological polar surface area (TPSA) is 74.6 Å². The lowest BCUT2D eigenvalue weighted by molar-refractivity contribution is 0.111. The fraction of sp³-hybridized carbons (Fsp3) is 0. The van der Waals surface area contributed by atoms with Crippen molar-refractivity contribution < 1.29 is 19.8 Å². The Hall–Kier alpha value is -6.26. The molecular weight excluding hydrogens is 568 g/mol. The van der Waals surface area contributed by atoms with Gasteiger partial charge in [0.15, 0.2) is 12.6 Å². The zero-order chi connectivity index (χ0) is 31.6. The maximum absolute atomic E-state index is 11.2. The van der Waals surface area contributed by atoms with E-state index in [4.69, 9.17) is 0 Å². The predicted molar refractivity (Wildman–Crippen MR) is 188 cm³/mol. The second kappa shape index (κ2) is 12.0. The lowest BCUT2D eigenvalue weighted by Crippen LogP contribution is -1.89. The van der Waals surface area contributed by atoms with Gasteiger partial charge in [-0.05, 0) is 67.4 Å². The van der Waals surface area contributed by atoms with Crippen molar-refractivity contribution in [3.63, 3.8) is 0 Å². The minimum absolute atomic E-state index is 0.0315. The van der Waals surface area contributed by atoms with Crippen molar-refractivity contribution in [1.82, 2.24) is 0 Å². The van der Waals surface area contributed by atoms with Gasteiger partial charge in [-0.15, -0.1) is 0 Å². The molecule has 0 radical (unpaired) electrons. The normalized spacial score (nSPS) is 11.0.